The normalized spacial score (nSPS) is 10.3. The van der Waals surface area contributed by atoms with Crippen molar-refractivity contribution in [3.63, 3.8) is 0 Å². The molecule has 0 radical (unpaired) electrons. The molecule has 0 bridgehead atoms. The summed E-state index contributed by atoms with van der Waals surface area (Å²) in [6, 6.07) is 14.6. The maximum atomic E-state index is 4.51. The van der Waals surface area contributed by atoms with Crippen LogP contribution < -0.4 is 10.6 Å². The minimum atomic E-state index is 0.866. The molecule has 2 N–H and O–H groups in total. The Hall–Kier alpha value is -2.03. The number of anilines is 3. The molecule has 2 rings (SSSR count). The van der Waals surface area contributed by atoms with E-state index in [1.807, 2.05) is 18.2 Å². The number of nitrogens with one attached hydrogen (secondary N) is 2. The Morgan fingerprint density at radius 3 is 2.40 bits per heavy atom. The van der Waals surface area contributed by atoms with Crippen LogP contribution in [-0.2, 0) is 6.42 Å². The first-order chi connectivity index (χ1) is 9.81. The van der Waals surface area contributed by atoms with Crippen LogP contribution >= 0.6 is 0 Å². The first kappa shape index (κ1) is 14.4. The molecule has 0 saturated carbocycles. The van der Waals surface area contributed by atoms with Crippen LogP contribution in [0.4, 0.5) is 17.3 Å². The third-order valence-corrected chi connectivity index (χ3v) is 3.15. The second-order valence-corrected chi connectivity index (χ2v) is 4.86. The molecule has 0 unspecified atom stereocenters. The maximum absolute atomic E-state index is 4.51. The predicted octanol–water partition coefficient (Wildman–Crippen LogP) is 4.60. The van der Waals surface area contributed by atoms with Gasteiger partial charge in [-0.2, -0.15) is 0 Å². The van der Waals surface area contributed by atoms with Crippen molar-refractivity contribution in [1.29, 1.82) is 0 Å². The van der Waals surface area contributed by atoms with E-state index in [1.165, 1.54) is 18.4 Å². The average molecular weight is 269 g/mol. The van der Waals surface area contributed by atoms with Gasteiger partial charge in [-0.15, -0.1) is 0 Å². The third-order valence-electron chi connectivity index (χ3n) is 3.15. The highest BCUT2D eigenvalue weighted by molar-refractivity contribution is 5.58. The smallest absolute Gasteiger partial charge is 0.132 e. The van der Waals surface area contributed by atoms with Crippen LogP contribution in [0.1, 0.15) is 32.3 Å². The molecule has 3 heteroatoms. The first-order valence-corrected chi connectivity index (χ1v) is 7.38. The molecule has 0 atom stereocenters. The Morgan fingerprint density at radius 2 is 1.70 bits per heavy atom. The summed E-state index contributed by atoms with van der Waals surface area (Å²) in [5.74, 6) is 1.77. The Labute approximate surface area is 121 Å². The van der Waals surface area contributed by atoms with Gasteiger partial charge >= 0.3 is 0 Å². The molecule has 3 nitrogen and oxygen atoms in total. The molecular formula is C17H23N3. The first-order valence-electron chi connectivity index (χ1n) is 7.38. The highest BCUT2D eigenvalue weighted by Gasteiger charge is 1.98. The van der Waals surface area contributed by atoms with Gasteiger partial charge in [-0.3, -0.25) is 0 Å². The van der Waals surface area contributed by atoms with Crippen molar-refractivity contribution in [2.75, 3.05) is 17.2 Å². The number of nitrogens with zero attached hydrogens (tertiary/aromatic N) is 1. The molecular weight excluding hydrogens is 246 g/mol. The lowest BCUT2D eigenvalue weighted by Gasteiger charge is -2.09. The molecule has 0 amide bonds. The van der Waals surface area contributed by atoms with Crippen LogP contribution in [0.3, 0.4) is 0 Å². The summed E-state index contributed by atoms with van der Waals surface area (Å²) >= 11 is 0. The van der Waals surface area contributed by atoms with Crippen LogP contribution in [0.25, 0.3) is 0 Å². The molecule has 20 heavy (non-hydrogen) atoms. The highest BCUT2D eigenvalue weighted by atomic mass is 15.1. The Morgan fingerprint density at radius 1 is 0.950 bits per heavy atom. The summed E-state index contributed by atoms with van der Waals surface area (Å²) in [5, 5.41) is 6.55. The van der Waals surface area contributed by atoms with Crippen molar-refractivity contribution in [2.45, 2.75) is 33.1 Å². The lowest BCUT2D eigenvalue weighted by molar-refractivity contribution is 0.795. The van der Waals surface area contributed by atoms with Crippen molar-refractivity contribution >= 4 is 17.3 Å². The van der Waals surface area contributed by atoms with Gasteiger partial charge in [0.1, 0.15) is 11.6 Å². The van der Waals surface area contributed by atoms with E-state index >= 15 is 0 Å². The molecule has 0 spiro atoms. The summed E-state index contributed by atoms with van der Waals surface area (Å²) in [6.45, 7) is 5.16. The fourth-order valence-corrected chi connectivity index (χ4v) is 2.07. The fraction of sp³-hybridized carbons (Fsp3) is 0.353. The predicted molar refractivity (Wildman–Crippen MR) is 86.7 cm³/mol. The second-order valence-electron chi connectivity index (χ2n) is 4.86. The maximum Gasteiger partial charge on any atom is 0.132 e. The van der Waals surface area contributed by atoms with Gasteiger partial charge in [0.25, 0.3) is 0 Å². The van der Waals surface area contributed by atoms with E-state index in [2.05, 4.69) is 53.7 Å². The zero-order chi connectivity index (χ0) is 14.2. The zero-order valence-corrected chi connectivity index (χ0v) is 12.3. The topological polar surface area (TPSA) is 37.0 Å². The van der Waals surface area contributed by atoms with E-state index in [9.17, 15) is 0 Å². The van der Waals surface area contributed by atoms with Crippen LogP contribution in [0.2, 0.25) is 0 Å². The minimum Gasteiger partial charge on any atom is -0.370 e. The van der Waals surface area contributed by atoms with Crippen LogP contribution in [-0.4, -0.2) is 11.5 Å². The van der Waals surface area contributed by atoms with Crippen molar-refractivity contribution in [3.8, 4) is 0 Å². The molecule has 2 aromatic rings. The van der Waals surface area contributed by atoms with Gasteiger partial charge in [-0.05, 0) is 49.6 Å². The summed E-state index contributed by atoms with van der Waals surface area (Å²) in [6.07, 6.45) is 3.64. The number of aryl methyl sites for hydroxylation is 1. The van der Waals surface area contributed by atoms with E-state index < -0.39 is 0 Å². The van der Waals surface area contributed by atoms with E-state index in [-0.39, 0.29) is 0 Å². The second kappa shape index (κ2) is 7.53. The largest absolute Gasteiger partial charge is 0.370 e. The standard InChI is InChI=1S/C17H23N3/c1-3-5-7-14-10-12-15(13-11-14)19-17-9-6-8-16(20-17)18-4-2/h6,8-13H,3-5,7H2,1-2H3,(H2,18,19,20). The van der Waals surface area contributed by atoms with Crippen molar-refractivity contribution in [2.24, 2.45) is 0 Å². The van der Waals surface area contributed by atoms with E-state index in [0.29, 0.717) is 0 Å². The van der Waals surface area contributed by atoms with E-state index in [1.54, 1.807) is 0 Å². The van der Waals surface area contributed by atoms with Gasteiger partial charge in [-0.25, -0.2) is 4.98 Å². The molecule has 0 saturated heterocycles. The highest BCUT2D eigenvalue weighted by Crippen LogP contribution is 2.17. The quantitative estimate of drug-likeness (QED) is 0.771. The number of aromatic nitrogens is 1. The lowest BCUT2D eigenvalue weighted by Crippen LogP contribution is -2.01. The molecule has 0 aliphatic carbocycles. The molecule has 1 aromatic carbocycles. The van der Waals surface area contributed by atoms with E-state index in [0.717, 1.165) is 30.3 Å². The zero-order valence-electron chi connectivity index (χ0n) is 12.3. The number of pyridine rings is 1. The van der Waals surface area contributed by atoms with Crippen molar-refractivity contribution in [1.82, 2.24) is 4.98 Å². The van der Waals surface area contributed by atoms with Crippen molar-refractivity contribution < 1.29 is 0 Å². The summed E-state index contributed by atoms with van der Waals surface area (Å²) < 4.78 is 0. The molecule has 0 fully saturated rings. The van der Waals surface area contributed by atoms with Crippen molar-refractivity contribution in [3.05, 3.63) is 48.0 Å². The fourth-order valence-electron chi connectivity index (χ4n) is 2.07. The Kier molecular flexibility index (Phi) is 5.42. The number of benzene rings is 1. The lowest BCUT2D eigenvalue weighted by atomic mass is 10.1. The monoisotopic (exact) mass is 269 g/mol. The molecule has 0 aliphatic heterocycles. The minimum absolute atomic E-state index is 0.866. The number of unbranched alkanes of at least 4 members (excludes halogenated alkanes) is 1. The third kappa shape index (κ3) is 4.26. The van der Waals surface area contributed by atoms with E-state index in [4.69, 9.17) is 0 Å². The van der Waals surface area contributed by atoms with Gasteiger partial charge in [0.2, 0.25) is 0 Å². The van der Waals surface area contributed by atoms with Gasteiger partial charge in [0, 0.05) is 12.2 Å². The summed E-state index contributed by atoms with van der Waals surface area (Å²) in [7, 11) is 0. The van der Waals surface area contributed by atoms with Crippen LogP contribution in [0, 0.1) is 0 Å². The Balaban J connectivity index is 2.00. The molecule has 1 aromatic heterocycles. The molecule has 0 aliphatic rings. The summed E-state index contributed by atoms with van der Waals surface area (Å²) in [5.41, 5.74) is 2.47. The molecule has 1 heterocycles. The average Bonchev–Trinajstić information content (AvgIpc) is 2.47. The number of hydrogen-bond acceptors (Lipinski definition) is 3. The van der Waals surface area contributed by atoms with Gasteiger partial charge in [-0.1, -0.05) is 31.5 Å². The van der Waals surface area contributed by atoms with Gasteiger partial charge in [0.15, 0.2) is 0 Å². The van der Waals surface area contributed by atoms with Crippen LogP contribution in [0.15, 0.2) is 42.5 Å². The molecule has 106 valence electrons. The van der Waals surface area contributed by atoms with Gasteiger partial charge < -0.3 is 10.6 Å². The number of hydrogen-bond donors (Lipinski definition) is 2. The SMILES string of the molecule is CCCCc1ccc(Nc2cccc(NCC)n2)cc1. The summed E-state index contributed by atoms with van der Waals surface area (Å²) in [4.78, 5) is 4.51. The van der Waals surface area contributed by atoms with Gasteiger partial charge in [0.05, 0.1) is 0 Å². The number of rotatable bonds is 7. The Bertz CT molecular complexity index is 520. The van der Waals surface area contributed by atoms with Crippen LogP contribution in [0.5, 0.6) is 0 Å².